The summed E-state index contributed by atoms with van der Waals surface area (Å²) in [6, 6.07) is 25.5. The van der Waals surface area contributed by atoms with Crippen LogP contribution in [0.2, 0.25) is 0 Å². The molecule has 1 N–H and O–H groups in total. The van der Waals surface area contributed by atoms with Crippen molar-refractivity contribution in [3.63, 3.8) is 0 Å². The SMILES string of the molecule is Cc1ccc(C(=O)Nc2ccc(N3CCN(Cc4ccc(OC(F)F)cc4)CC3)nc2)cc1-c1ccc(C#N)cc1. The van der Waals surface area contributed by atoms with Gasteiger partial charge in [-0.1, -0.05) is 30.3 Å². The summed E-state index contributed by atoms with van der Waals surface area (Å²) in [5.74, 6) is 0.775. The van der Waals surface area contributed by atoms with Gasteiger partial charge in [0.15, 0.2) is 0 Å². The Bertz CT molecular complexity index is 1530. The number of ether oxygens (including phenoxy) is 1. The number of rotatable bonds is 8. The van der Waals surface area contributed by atoms with Gasteiger partial charge in [-0.3, -0.25) is 9.69 Å². The standard InChI is InChI=1S/C32H29F2N5O2/c1-22-2-7-26(18-29(22)25-8-3-23(19-35)4-9-25)31(40)37-27-10-13-30(36-20-27)39-16-14-38(15-17-39)21-24-5-11-28(12-6-24)41-32(33)34/h2-13,18,20,32H,14-17,21H2,1H3,(H,37,40). The highest BCUT2D eigenvalue weighted by Crippen LogP contribution is 2.26. The van der Waals surface area contributed by atoms with Crippen LogP contribution in [0.5, 0.6) is 5.75 Å². The Morgan fingerprint density at radius 1 is 1.00 bits per heavy atom. The van der Waals surface area contributed by atoms with Crippen molar-refractivity contribution in [2.75, 3.05) is 36.4 Å². The van der Waals surface area contributed by atoms with Crippen molar-refractivity contribution in [1.29, 1.82) is 5.26 Å². The van der Waals surface area contributed by atoms with E-state index in [4.69, 9.17) is 5.26 Å². The molecule has 1 aliphatic heterocycles. The lowest BCUT2D eigenvalue weighted by molar-refractivity contribution is -0.0498. The molecule has 4 aromatic rings. The maximum absolute atomic E-state index is 13.0. The van der Waals surface area contributed by atoms with Crippen LogP contribution in [0.4, 0.5) is 20.3 Å². The first-order valence-corrected chi connectivity index (χ1v) is 13.3. The number of piperazine rings is 1. The van der Waals surface area contributed by atoms with Gasteiger partial charge in [0.05, 0.1) is 23.5 Å². The van der Waals surface area contributed by atoms with Crippen molar-refractivity contribution in [1.82, 2.24) is 9.88 Å². The summed E-state index contributed by atoms with van der Waals surface area (Å²) < 4.78 is 29.1. The van der Waals surface area contributed by atoms with E-state index >= 15 is 0 Å². The largest absolute Gasteiger partial charge is 0.435 e. The van der Waals surface area contributed by atoms with Crippen LogP contribution in [0, 0.1) is 18.3 Å². The van der Waals surface area contributed by atoms with E-state index in [9.17, 15) is 13.6 Å². The molecule has 0 aliphatic carbocycles. The van der Waals surface area contributed by atoms with Crippen molar-refractivity contribution in [3.8, 4) is 22.9 Å². The second-order valence-corrected chi connectivity index (χ2v) is 9.86. The molecule has 41 heavy (non-hydrogen) atoms. The Morgan fingerprint density at radius 2 is 1.73 bits per heavy atom. The number of hydrogen-bond acceptors (Lipinski definition) is 6. The van der Waals surface area contributed by atoms with Crippen LogP contribution < -0.4 is 15.0 Å². The van der Waals surface area contributed by atoms with E-state index < -0.39 is 6.61 Å². The molecule has 7 nitrogen and oxygen atoms in total. The van der Waals surface area contributed by atoms with Crippen molar-refractivity contribution in [2.45, 2.75) is 20.1 Å². The molecule has 1 aliphatic rings. The van der Waals surface area contributed by atoms with Gasteiger partial charge in [0, 0.05) is 38.3 Å². The lowest BCUT2D eigenvalue weighted by atomic mass is 9.97. The predicted molar refractivity (Wildman–Crippen MR) is 154 cm³/mol. The normalized spacial score (nSPS) is 13.6. The second-order valence-electron chi connectivity index (χ2n) is 9.86. The molecule has 0 spiro atoms. The van der Waals surface area contributed by atoms with E-state index in [0.717, 1.165) is 60.8 Å². The predicted octanol–water partition coefficient (Wildman–Crippen LogP) is 6.10. The number of nitrogens with one attached hydrogen (secondary N) is 1. The fraction of sp³-hybridized carbons (Fsp3) is 0.219. The van der Waals surface area contributed by atoms with Crippen LogP contribution >= 0.6 is 0 Å². The molecule has 208 valence electrons. The highest BCUT2D eigenvalue weighted by molar-refractivity contribution is 6.05. The number of carbonyl (C=O) groups excluding carboxylic acids is 1. The fourth-order valence-corrected chi connectivity index (χ4v) is 4.82. The molecule has 1 aromatic heterocycles. The zero-order valence-corrected chi connectivity index (χ0v) is 22.6. The van der Waals surface area contributed by atoms with E-state index in [1.54, 1.807) is 36.5 Å². The van der Waals surface area contributed by atoms with E-state index in [0.29, 0.717) is 16.8 Å². The monoisotopic (exact) mass is 553 g/mol. The van der Waals surface area contributed by atoms with Crippen LogP contribution in [0.1, 0.15) is 27.0 Å². The van der Waals surface area contributed by atoms with Gasteiger partial charge >= 0.3 is 6.61 Å². The Kier molecular flexibility index (Phi) is 8.51. The number of alkyl halides is 2. The molecule has 0 saturated carbocycles. The van der Waals surface area contributed by atoms with Crippen LogP contribution in [0.25, 0.3) is 11.1 Å². The maximum atomic E-state index is 13.0. The molecule has 1 saturated heterocycles. The number of halogens is 2. The van der Waals surface area contributed by atoms with Crippen molar-refractivity contribution in [2.24, 2.45) is 0 Å². The van der Waals surface area contributed by atoms with Gasteiger partial charge in [-0.15, -0.1) is 0 Å². The number of nitrogens with zero attached hydrogens (tertiary/aromatic N) is 4. The summed E-state index contributed by atoms with van der Waals surface area (Å²) in [5, 5.41) is 12.0. The fourth-order valence-electron chi connectivity index (χ4n) is 4.82. The molecule has 0 atom stereocenters. The van der Waals surface area contributed by atoms with Crippen molar-refractivity contribution in [3.05, 3.63) is 107 Å². The Hall–Kier alpha value is -4.81. The van der Waals surface area contributed by atoms with Crippen molar-refractivity contribution < 1.29 is 18.3 Å². The zero-order valence-electron chi connectivity index (χ0n) is 22.6. The third-order valence-electron chi connectivity index (χ3n) is 7.08. The minimum absolute atomic E-state index is 0.158. The van der Waals surface area contributed by atoms with E-state index in [1.807, 2.05) is 55.5 Å². The number of amides is 1. The summed E-state index contributed by atoms with van der Waals surface area (Å²) in [5.41, 5.74) is 5.69. The van der Waals surface area contributed by atoms with Crippen LogP contribution in [-0.4, -0.2) is 48.6 Å². The number of aromatic nitrogens is 1. The van der Waals surface area contributed by atoms with Gasteiger partial charge in [-0.25, -0.2) is 4.98 Å². The molecule has 9 heteroatoms. The first-order valence-electron chi connectivity index (χ1n) is 13.3. The lowest BCUT2D eigenvalue weighted by Crippen LogP contribution is -2.46. The van der Waals surface area contributed by atoms with Gasteiger partial charge in [0.2, 0.25) is 0 Å². The first kappa shape index (κ1) is 27.7. The van der Waals surface area contributed by atoms with Gasteiger partial charge < -0.3 is 15.0 Å². The van der Waals surface area contributed by atoms with Gasteiger partial charge in [0.25, 0.3) is 5.91 Å². The summed E-state index contributed by atoms with van der Waals surface area (Å²) in [6.45, 7) is 3.17. The number of benzene rings is 3. The maximum Gasteiger partial charge on any atom is 0.387 e. The highest BCUT2D eigenvalue weighted by atomic mass is 19.3. The minimum Gasteiger partial charge on any atom is -0.435 e. The molecule has 2 heterocycles. The van der Waals surface area contributed by atoms with E-state index in [1.165, 1.54) is 0 Å². The summed E-state index contributed by atoms with van der Waals surface area (Å²) >= 11 is 0. The van der Waals surface area contributed by atoms with Crippen LogP contribution in [0.3, 0.4) is 0 Å². The average Bonchev–Trinajstić information content (AvgIpc) is 2.99. The number of hydrogen-bond donors (Lipinski definition) is 1. The van der Waals surface area contributed by atoms with Crippen LogP contribution in [-0.2, 0) is 6.54 Å². The lowest BCUT2D eigenvalue weighted by Gasteiger charge is -2.35. The number of anilines is 2. The summed E-state index contributed by atoms with van der Waals surface area (Å²) in [6.07, 6.45) is 1.67. The number of pyridine rings is 1. The molecule has 1 fully saturated rings. The van der Waals surface area contributed by atoms with Crippen molar-refractivity contribution >= 4 is 17.4 Å². The minimum atomic E-state index is -2.82. The molecular weight excluding hydrogens is 524 g/mol. The van der Waals surface area contributed by atoms with Crippen LogP contribution in [0.15, 0.2) is 85.1 Å². The number of carbonyl (C=O) groups is 1. The number of aryl methyl sites for hydroxylation is 1. The van der Waals surface area contributed by atoms with E-state index in [-0.39, 0.29) is 11.7 Å². The molecule has 1 amide bonds. The molecule has 0 radical (unpaired) electrons. The molecule has 0 bridgehead atoms. The first-order chi connectivity index (χ1) is 19.9. The average molecular weight is 554 g/mol. The summed E-state index contributed by atoms with van der Waals surface area (Å²) in [7, 11) is 0. The molecule has 5 rings (SSSR count). The van der Waals surface area contributed by atoms with Gasteiger partial charge in [-0.2, -0.15) is 14.0 Å². The Labute approximate surface area is 237 Å². The highest BCUT2D eigenvalue weighted by Gasteiger charge is 2.19. The van der Waals surface area contributed by atoms with E-state index in [2.05, 4.69) is 30.9 Å². The molecule has 3 aromatic carbocycles. The molecular formula is C32H29F2N5O2. The number of nitriles is 1. The zero-order chi connectivity index (χ0) is 28.8. The van der Waals surface area contributed by atoms with Gasteiger partial charge in [0.1, 0.15) is 11.6 Å². The second kappa shape index (κ2) is 12.6. The quantitative estimate of drug-likeness (QED) is 0.284. The third kappa shape index (κ3) is 7.04. The molecule has 0 unspecified atom stereocenters. The Morgan fingerprint density at radius 3 is 2.37 bits per heavy atom. The smallest absolute Gasteiger partial charge is 0.387 e. The Balaban J connectivity index is 1.15. The summed E-state index contributed by atoms with van der Waals surface area (Å²) in [4.78, 5) is 22.1. The van der Waals surface area contributed by atoms with Gasteiger partial charge in [-0.05, 0) is 77.7 Å². The third-order valence-corrected chi connectivity index (χ3v) is 7.08. The topological polar surface area (TPSA) is 81.5 Å².